The molecule has 0 unspecified atom stereocenters. The number of benzene rings is 2. The first kappa shape index (κ1) is 13.1. The molecule has 0 saturated heterocycles. The Morgan fingerprint density at radius 3 is 2.42 bits per heavy atom. The van der Waals surface area contributed by atoms with Crippen LogP contribution in [0.5, 0.6) is 5.75 Å². The Kier molecular flexibility index (Phi) is 3.82. The van der Waals surface area contributed by atoms with Crippen molar-refractivity contribution in [3.05, 3.63) is 58.1 Å². The van der Waals surface area contributed by atoms with Crippen molar-refractivity contribution in [2.24, 2.45) is 0 Å². The first-order valence-corrected chi connectivity index (χ1v) is 6.12. The Labute approximate surface area is 113 Å². The molecule has 0 radical (unpaired) electrons. The van der Waals surface area contributed by atoms with Gasteiger partial charge in [-0.25, -0.2) is 0 Å². The van der Waals surface area contributed by atoms with E-state index in [1.807, 2.05) is 0 Å². The molecule has 0 amide bonds. The minimum absolute atomic E-state index is 0.114. The molecule has 0 heterocycles. The average molecular weight is 275 g/mol. The summed E-state index contributed by atoms with van der Waals surface area (Å²) >= 11 is 1.30. The normalized spacial score (nSPS) is 10.1. The fraction of sp³-hybridized carbons (Fsp3) is 0. The van der Waals surface area contributed by atoms with Crippen LogP contribution in [0.3, 0.4) is 0 Å². The lowest BCUT2D eigenvalue weighted by molar-refractivity contribution is -0.384. The van der Waals surface area contributed by atoms with Gasteiger partial charge in [0, 0.05) is 27.5 Å². The van der Waals surface area contributed by atoms with Gasteiger partial charge in [0.15, 0.2) is 6.29 Å². The van der Waals surface area contributed by atoms with E-state index in [-0.39, 0.29) is 17.0 Å². The van der Waals surface area contributed by atoms with Gasteiger partial charge in [0.1, 0.15) is 5.75 Å². The van der Waals surface area contributed by atoms with Gasteiger partial charge in [-0.2, -0.15) is 0 Å². The van der Waals surface area contributed by atoms with E-state index in [0.29, 0.717) is 11.2 Å². The minimum Gasteiger partial charge on any atom is -0.508 e. The molecule has 0 aromatic heterocycles. The number of hydrogen-bond acceptors (Lipinski definition) is 5. The molecule has 0 spiro atoms. The molecule has 96 valence electrons. The lowest BCUT2D eigenvalue weighted by atomic mass is 10.2. The maximum absolute atomic E-state index is 11.0. The summed E-state index contributed by atoms with van der Waals surface area (Å²) in [5.41, 5.74) is 0.157. The Morgan fingerprint density at radius 2 is 1.84 bits per heavy atom. The number of non-ortho nitro benzene ring substituents is 1. The van der Waals surface area contributed by atoms with E-state index >= 15 is 0 Å². The zero-order chi connectivity index (χ0) is 13.8. The topological polar surface area (TPSA) is 80.4 Å². The summed E-state index contributed by atoms with van der Waals surface area (Å²) in [4.78, 5) is 22.5. The van der Waals surface area contributed by atoms with E-state index in [1.54, 1.807) is 18.2 Å². The van der Waals surface area contributed by atoms with E-state index in [2.05, 4.69) is 0 Å². The Bertz CT molecular complexity index is 625. The SMILES string of the molecule is O=Cc1cc([N+](=O)[O-])ccc1Sc1ccc(O)cc1. The molecule has 6 heteroatoms. The highest BCUT2D eigenvalue weighted by Gasteiger charge is 2.11. The predicted molar refractivity (Wildman–Crippen MR) is 70.7 cm³/mol. The van der Waals surface area contributed by atoms with Crippen molar-refractivity contribution in [3.8, 4) is 5.75 Å². The zero-order valence-electron chi connectivity index (χ0n) is 9.65. The fourth-order valence-corrected chi connectivity index (χ4v) is 2.36. The number of nitrogens with zero attached hydrogens (tertiary/aromatic N) is 1. The number of nitro groups is 1. The minimum atomic E-state index is -0.540. The number of nitro benzene ring substituents is 1. The van der Waals surface area contributed by atoms with Crippen LogP contribution in [0.1, 0.15) is 10.4 Å². The van der Waals surface area contributed by atoms with Crippen LogP contribution in [-0.2, 0) is 0 Å². The second-order valence-electron chi connectivity index (χ2n) is 3.69. The lowest BCUT2D eigenvalue weighted by Gasteiger charge is -2.04. The van der Waals surface area contributed by atoms with Gasteiger partial charge in [-0.15, -0.1) is 0 Å². The van der Waals surface area contributed by atoms with Gasteiger partial charge < -0.3 is 5.11 Å². The molecule has 5 nitrogen and oxygen atoms in total. The maximum atomic E-state index is 11.0. The molecule has 2 rings (SSSR count). The largest absolute Gasteiger partial charge is 0.508 e. The molecule has 0 aliphatic heterocycles. The summed E-state index contributed by atoms with van der Waals surface area (Å²) in [6.45, 7) is 0. The van der Waals surface area contributed by atoms with Crippen molar-refractivity contribution in [3.63, 3.8) is 0 Å². The van der Waals surface area contributed by atoms with E-state index in [0.717, 1.165) is 4.90 Å². The Hall–Kier alpha value is -2.34. The van der Waals surface area contributed by atoms with Crippen LogP contribution in [0.2, 0.25) is 0 Å². The second kappa shape index (κ2) is 5.53. The third-order valence-electron chi connectivity index (χ3n) is 2.40. The standard InChI is InChI=1S/C13H9NO4S/c15-8-9-7-10(14(17)18)1-6-13(9)19-12-4-2-11(16)3-5-12/h1-8,16H. The van der Waals surface area contributed by atoms with Crippen molar-refractivity contribution >= 4 is 23.7 Å². The molecule has 2 aromatic carbocycles. The predicted octanol–water partition coefficient (Wildman–Crippen LogP) is 3.26. The molecule has 1 N–H and O–H groups in total. The van der Waals surface area contributed by atoms with Crippen LogP contribution >= 0.6 is 11.8 Å². The Morgan fingerprint density at radius 1 is 1.16 bits per heavy atom. The van der Waals surface area contributed by atoms with Crippen LogP contribution in [0, 0.1) is 10.1 Å². The third-order valence-corrected chi connectivity index (χ3v) is 3.50. The summed E-state index contributed by atoms with van der Waals surface area (Å²) in [5, 5.41) is 19.8. The van der Waals surface area contributed by atoms with Gasteiger partial charge in [-0.05, 0) is 30.3 Å². The van der Waals surface area contributed by atoms with Gasteiger partial charge in [0.2, 0.25) is 0 Å². The van der Waals surface area contributed by atoms with Gasteiger partial charge >= 0.3 is 0 Å². The summed E-state index contributed by atoms with van der Waals surface area (Å²) in [7, 11) is 0. The second-order valence-corrected chi connectivity index (χ2v) is 4.81. The number of carbonyl (C=O) groups is 1. The van der Waals surface area contributed by atoms with Crippen molar-refractivity contribution < 1.29 is 14.8 Å². The van der Waals surface area contributed by atoms with Crippen molar-refractivity contribution in [1.29, 1.82) is 0 Å². The highest BCUT2D eigenvalue weighted by atomic mass is 32.2. The molecule has 0 atom stereocenters. The summed E-state index contributed by atoms with van der Waals surface area (Å²) in [6.07, 6.45) is 0.593. The van der Waals surface area contributed by atoms with Crippen LogP contribution in [0.25, 0.3) is 0 Å². The molecular formula is C13H9NO4S. The molecule has 0 saturated carbocycles. The highest BCUT2D eigenvalue weighted by molar-refractivity contribution is 7.99. The van der Waals surface area contributed by atoms with E-state index in [9.17, 15) is 20.0 Å². The summed E-state index contributed by atoms with van der Waals surface area (Å²) < 4.78 is 0. The monoisotopic (exact) mass is 275 g/mol. The van der Waals surface area contributed by atoms with Crippen LogP contribution in [0.15, 0.2) is 52.3 Å². The van der Waals surface area contributed by atoms with Crippen molar-refractivity contribution in [2.75, 3.05) is 0 Å². The number of phenols is 1. The number of hydrogen-bond donors (Lipinski definition) is 1. The zero-order valence-corrected chi connectivity index (χ0v) is 10.5. The Balaban J connectivity index is 2.32. The van der Waals surface area contributed by atoms with Crippen molar-refractivity contribution in [2.45, 2.75) is 9.79 Å². The number of phenolic OH excluding ortho intramolecular Hbond substituents is 1. The van der Waals surface area contributed by atoms with Gasteiger partial charge in [0.25, 0.3) is 5.69 Å². The number of aromatic hydroxyl groups is 1. The molecule has 0 aliphatic carbocycles. The third kappa shape index (κ3) is 3.11. The molecule has 0 bridgehead atoms. The number of rotatable bonds is 4. The summed E-state index contributed by atoms with van der Waals surface area (Å²) in [6, 6.07) is 10.6. The van der Waals surface area contributed by atoms with Gasteiger partial charge in [0.05, 0.1) is 4.92 Å². The lowest BCUT2D eigenvalue weighted by Crippen LogP contribution is -1.91. The first-order chi connectivity index (χ1) is 9.10. The van der Waals surface area contributed by atoms with Gasteiger partial charge in [-0.1, -0.05) is 11.8 Å². The molecule has 0 fully saturated rings. The van der Waals surface area contributed by atoms with E-state index in [4.69, 9.17) is 0 Å². The van der Waals surface area contributed by atoms with Crippen LogP contribution in [-0.4, -0.2) is 16.3 Å². The van der Waals surface area contributed by atoms with Crippen molar-refractivity contribution in [1.82, 2.24) is 0 Å². The number of aldehydes is 1. The first-order valence-electron chi connectivity index (χ1n) is 5.30. The van der Waals surface area contributed by atoms with E-state index in [1.165, 1.54) is 36.0 Å². The molecular weight excluding hydrogens is 266 g/mol. The average Bonchev–Trinajstić information content (AvgIpc) is 2.41. The smallest absolute Gasteiger partial charge is 0.270 e. The number of carbonyl (C=O) groups excluding carboxylic acids is 1. The molecule has 2 aromatic rings. The maximum Gasteiger partial charge on any atom is 0.270 e. The molecule has 0 aliphatic rings. The van der Waals surface area contributed by atoms with Crippen LogP contribution < -0.4 is 0 Å². The summed E-state index contributed by atoms with van der Waals surface area (Å²) in [5.74, 6) is 0.156. The van der Waals surface area contributed by atoms with E-state index < -0.39 is 4.92 Å². The van der Waals surface area contributed by atoms with Gasteiger partial charge in [-0.3, -0.25) is 14.9 Å². The quantitative estimate of drug-likeness (QED) is 0.526. The van der Waals surface area contributed by atoms with Crippen LogP contribution in [0.4, 0.5) is 5.69 Å². The molecule has 19 heavy (non-hydrogen) atoms. The fourth-order valence-electron chi connectivity index (χ4n) is 1.48. The highest BCUT2D eigenvalue weighted by Crippen LogP contribution is 2.32.